The second kappa shape index (κ2) is 3.79. The Morgan fingerprint density at radius 1 is 1.69 bits per heavy atom. The Kier molecular flexibility index (Phi) is 2.73. The van der Waals surface area contributed by atoms with Crippen LogP contribution < -0.4 is 17.2 Å². The molecule has 1 atom stereocenters. The van der Waals surface area contributed by atoms with E-state index >= 15 is 0 Å². The Hall–Kier alpha value is -1.72. The maximum atomic E-state index is 5.42. The van der Waals surface area contributed by atoms with Gasteiger partial charge in [-0.05, 0) is 6.42 Å². The fourth-order valence-electron chi connectivity index (χ4n) is 1.08. The van der Waals surface area contributed by atoms with Gasteiger partial charge in [-0.25, -0.2) is 9.98 Å². The molecule has 0 saturated heterocycles. The number of aromatic amines is 1. The molecule has 72 valence electrons. The molecular weight excluding hydrogens is 168 g/mol. The minimum Gasteiger partial charge on any atom is -0.370 e. The summed E-state index contributed by atoms with van der Waals surface area (Å²) < 4.78 is 0. The van der Waals surface area contributed by atoms with Crippen LogP contribution in [0.4, 0.5) is 5.95 Å². The van der Waals surface area contributed by atoms with Crippen LogP contribution in [-0.4, -0.2) is 15.9 Å². The van der Waals surface area contributed by atoms with E-state index in [-0.39, 0.29) is 12.0 Å². The second-order valence-corrected chi connectivity index (χ2v) is 2.70. The van der Waals surface area contributed by atoms with E-state index in [1.165, 1.54) is 0 Å². The van der Waals surface area contributed by atoms with Gasteiger partial charge >= 0.3 is 0 Å². The summed E-state index contributed by atoms with van der Waals surface area (Å²) >= 11 is 0. The number of nitrogens with one attached hydrogen (secondary N) is 1. The molecule has 1 aromatic rings. The monoisotopic (exact) mass is 182 g/mol. The van der Waals surface area contributed by atoms with Crippen LogP contribution in [0.25, 0.3) is 0 Å². The molecule has 1 unspecified atom stereocenters. The summed E-state index contributed by atoms with van der Waals surface area (Å²) in [5.74, 6) is 0.444. The van der Waals surface area contributed by atoms with Crippen LogP contribution in [0.3, 0.4) is 0 Å². The Morgan fingerprint density at radius 2 is 2.38 bits per heavy atom. The zero-order valence-corrected chi connectivity index (χ0v) is 7.49. The van der Waals surface area contributed by atoms with Gasteiger partial charge in [-0.1, -0.05) is 6.92 Å². The summed E-state index contributed by atoms with van der Waals surface area (Å²) in [5.41, 5.74) is 16.8. The minimum absolute atomic E-state index is 0.0695. The highest BCUT2D eigenvalue weighted by Gasteiger charge is 2.09. The third-order valence-corrected chi connectivity index (χ3v) is 1.67. The zero-order chi connectivity index (χ0) is 9.84. The van der Waals surface area contributed by atoms with E-state index < -0.39 is 0 Å². The number of aromatic nitrogens is 2. The summed E-state index contributed by atoms with van der Waals surface area (Å²) in [5, 5.41) is 0. The first kappa shape index (κ1) is 9.37. The average Bonchev–Trinajstić information content (AvgIpc) is 2.47. The molecule has 0 radical (unpaired) electrons. The van der Waals surface area contributed by atoms with E-state index in [1.807, 2.05) is 6.92 Å². The summed E-state index contributed by atoms with van der Waals surface area (Å²) in [6.45, 7) is 1.98. The highest BCUT2D eigenvalue weighted by atomic mass is 15.1. The van der Waals surface area contributed by atoms with E-state index in [2.05, 4.69) is 15.0 Å². The van der Waals surface area contributed by atoms with E-state index in [0.29, 0.717) is 5.95 Å². The van der Waals surface area contributed by atoms with Crippen molar-refractivity contribution in [2.75, 3.05) is 5.73 Å². The third kappa shape index (κ3) is 2.36. The molecule has 0 fully saturated rings. The van der Waals surface area contributed by atoms with Crippen LogP contribution in [-0.2, 0) is 0 Å². The Labute approximate surface area is 76.2 Å². The highest BCUT2D eigenvalue weighted by molar-refractivity contribution is 5.75. The van der Waals surface area contributed by atoms with Gasteiger partial charge in [-0.2, -0.15) is 0 Å². The lowest BCUT2D eigenvalue weighted by molar-refractivity contribution is 0.681. The van der Waals surface area contributed by atoms with Gasteiger partial charge in [0.25, 0.3) is 0 Å². The van der Waals surface area contributed by atoms with Gasteiger partial charge < -0.3 is 22.2 Å². The van der Waals surface area contributed by atoms with Crippen molar-refractivity contribution in [1.82, 2.24) is 9.97 Å². The Balaban J connectivity index is 2.84. The predicted molar refractivity (Wildman–Crippen MR) is 51.8 cm³/mol. The van der Waals surface area contributed by atoms with Crippen LogP contribution >= 0.6 is 0 Å². The van der Waals surface area contributed by atoms with Crippen molar-refractivity contribution in [2.45, 2.75) is 19.4 Å². The molecule has 6 heteroatoms. The van der Waals surface area contributed by atoms with Crippen molar-refractivity contribution in [1.29, 1.82) is 0 Å². The summed E-state index contributed by atoms with van der Waals surface area (Å²) in [7, 11) is 0. The number of nitrogen functional groups attached to an aromatic ring is 1. The molecular formula is C7H14N6. The fraction of sp³-hybridized carbons (Fsp3) is 0.429. The Bertz CT molecular complexity index is 298. The first-order chi connectivity index (χ1) is 6.13. The summed E-state index contributed by atoms with van der Waals surface area (Å²) in [4.78, 5) is 10.8. The van der Waals surface area contributed by atoms with Crippen LogP contribution in [0.2, 0.25) is 0 Å². The average molecular weight is 182 g/mol. The van der Waals surface area contributed by atoms with Crippen molar-refractivity contribution in [3.8, 4) is 0 Å². The highest BCUT2D eigenvalue weighted by Crippen LogP contribution is 2.18. The molecule has 1 aromatic heterocycles. The van der Waals surface area contributed by atoms with Gasteiger partial charge in [-0.15, -0.1) is 0 Å². The smallest absolute Gasteiger partial charge is 0.197 e. The molecule has 0 aromatic carbocycles. The van der Waals surface area contributed by atoms with Gasteiger partial charge in [0.15, 0.2) is 11.9 Å². The number of rotatable bonds is 3. The lowest BCUT2D eigenvalue weighted by Crippen LogP contribution is -2.23. The maximum Gasteiger partial charge on any atom is 0.197 e. The standard InChI is InChI=1S/C7H14N6/c1-2-4(12-6(8)9)5-3-11-7(10)13-5/h3-4H,2H2,1H3,(H4,8,9,12)(H3,10,11,13). The van der Waals surface area contributed by atoms with E-state index in [1.54, 1.807) is 6.20 Å². The molecule has 0 amide bonds. The number of guanidine groups is 1. The van der Waals surface area contributed by atoms with Gasteiger partial charge in [0.1, 0.15) is 0 Å². The molecule has 0 aliphatic carbocycles. The zero-order valence-electron chi connectivity index (χ0n) is 7.49. The van der Waals surface area contributed by atoms with Crippen LogP contribution in [0, 0.1) is 0 Å². The van der Waals surface area contributed by atoms with Gasteiger partial charge in [0.2, 0.25) is 0 Å². The molecule has 0 spiro atoms. The first-order valence-electron chi connectivity index (χ1n) is 4.02. The van der Waals surface area contributed by atoms with E-state index in [9.17, 15) is 0 Å². The van der Waals surface area contributed by atoms with Crippen molar-refractivity contribution < 1.29 is 0 Å². The molecule has 1 rings (SSSR count). The van der Waals surface area contributed by atoms with Gasteiger partial charge in [-0.3, -0.25) is 0 Å². The first-order valence-corrected chi connectivity index (χ1v) is 4.02. The molecule has 6 nitrogen and oxygen atoms in total. The van der Waals surface area contributed by atoms with Gasteiger partial charge in [0.05, 0.1) is 17.9 Å². The van der Waals surface area contributed by atoms with Crippen molar-refractivity contribution >= 4 is 11.9 Å². The van der Waals surface area contributed by atoms with Crippen molar-refractivity contribution in [3.63, 3.8) is 0 Å². The summed E-state index contributed by atoms with van der Waals surface area (Å²) in [6, 6.07) is -0.0881. The molecule has 0 aliphatic rings. The predicted octanol–water partition coefficient (Wildman–Crippen LogP) is -0.284. The summed E-state index contributed by atoms with van der Waals surface area (Å²) in [6.07, 6.45) is 2.43. The molecule has 13 heavy (non-hydrogen) atoms. The molecule has 1 heterocycles. The number of anilines is 1. The lowest BCUT2D eigenvalue weighted by atomic mass is 10.2. The fourth-order valence-corrected chi connectivity index (χ4v) is 1.08. The number of hydrogen-bond acceptors (Lipinski definition) is 3. The number of nitrogens with two attached hydrogens (primary N) is 3. The molecule has 0 bridgehead atoms. The second-order valence-electron chi connectivity index (χ2n) is 2.70. The SMILES string of the molecule is CCC(N=C(N)N)c1cnc(N)[nH]1. The van der Waals surface area contributed by atoms with Crippen molar-refractivity contribution in [2.24, 2.45) is 16.5 Å². The largest absolute Gasteiger partial charge is 0.370 e. The van der Waals surface area contributed by atoms with Gasteiger partial charge in [0, 0.05) is 0 Å². The van der Waals surface area contributed by atoms with E-state index in [0.717, 1.165) is 12.1 Å². The molecule has 7 N–H and O–H groups in total. The maximum absolute atomic E-state index is 5.42. The lowest BCUT2D eigenvalue weighted by Gasteiger charge is -2.06. The number of hydrogen-bond donors (Lipinski definition) is 4. The normalized spacial score (nSPS) is 12.4. The number of H-pyrrole nitrogens is 1. The molecule has 0 aliphatic heterocycles. The van der Waals surface area contributed by atoms with Crippen molar-refractivity contribution in [3.05, 3.63) is 11.9 Å². The topological polar surface area (TPSA) is 119 Å². The van der Waals surface area contributed by atoms with Crippen LogP contribution in [0.5, 0.6) is 0 Å². The quantitative estimate of drug-likeness (QED) is 0.379. The number of nitrogens with zero attached hydrogens (tertiary/aromatic N) is 2. The van der Waals surface area contributed by atoms with Crippen LogP contribution in [0.1, 0.15) is 25.1 Å². The third-order valence-electron chi connectivity index (χ3n) is 1.67. The Morgan fingerprint density at radius 3 is 2.77 bits per heavy atom. The minimum atomic E-state index is -0.0881. The van der Waals surface area contributed by atoms with Crippen LogP contribution in [0.15, 0.2) is 11.2 Å². The number of imidazole rings is 1. The number of aliphatic imine (C=N–C) groups is 1. The molecule has 0 saturated carbocycles. The van der Waals surface area contributed by atoms with E-state index in [4.69, 9.17) is 17.2 Å².